The van der Waals surface area contributed by atoms with Crippen LogP contribution in [0.3, 0.4) is 0 Å². The zero-order valence-electron chi connectivity index (χ0n) is 15.8. The van der Waals surface area contributed by atoms with Crippen molar-refractivity contribution >= 4 is 6.09 Å². The van der Waals surface area contributed by atoms with Gasteiger partial charge in [0, 0.05) is 25.7 Å². The first-order valence-electron chi connectivity index (χ1n) is 9.71. The van der Waals surface area contributed by atoms with Crippen LogP contribution in [0.1, 0.15) is 24.1 Å². The predicted molar refractivity (Wildman–Crippen MR) is 103 cm³/mol. The number of hydrogen-bond donors (Lipinski definition) is 1. The molecule has 1 N–H and O–H groups in total. The van der Waals surface area contributed by atoms with Crippen molar-refractivity contribution in [2.45, 2.75) is 32.0 Å². The van der Waals surface area contributed by atoms with E-state index in [-0.39, 0.29) is 6.10 Å². The van der Waals surface area contributed by atoms with Crippen LogP contribution in [0, 0.1) is 0 Å². The molecule has 7 nitrogen and oxygen atoms in total. The summed E-state index contributed by atoms with van der Waals surface area (Å²) in [6, 6.07) is 12.2. The van der Waals surface area contributed by atoms with Gasteiger partial charge in [-0.25, -0.2) is 4.79 Å². The van der Waals surface area contributed by atoms with E-state index in [9.17, 15) is 4.79 Å². The summed E-state index contributed by atoms with van der Waals surface area (Å²) in [6.45, 7) is 4.14. The van der Waals surface area contributed by atoms with Crippen LogP contribution in [0.25, 0.3) is 0 Å². The topological polar surface area (TPSA) is 72.9 Å². The van der Waals surface area contributed by atoms with Gasteiger partial charge in [-0.3, -0.25) is 9.88 Å². The SMILES string of the molecule is O=C(NCc1cc2c(cn1)OCCO2)OC1CCN(Cc2ccccc2)CC1. The van der Waals surface area contributed by atoms with Gasteiger partial charge in [0.1, 0.15) is 19.3 Å². The van der Waals surface area contributed by atoms with Crippen molar-refractivity contribution in [2.24, 2.45) is 0 Å². The molecule has 28 heavy (non-hydrogen) atoms. The van der Waals surface area contributed by atoms with Crippen molar-refractivity contribution < 1.29 is 19.0 Å². The summed E-state index contributed by atoms with van der Waals surface area (Å²) in [5, 5.41) is 2.77. The Morgan fingerprint density at radius 2 is 1.89 bits per heavy atom. The Morgan fingerprint density at radius 1 is 1.14 bits per heavy atom. The summed E-state index contributed by atoms with van der Waals surface area (Å²) in [6.07, 6.45) is 2.88. The number of pyridine rings is 1. The maximum atomic E-state index is 12.1. The number of piperidine rings is 1. The lowest BCUT2D eigenvalue weighted by Gasteiger charge is -2.31. The predicted octanol–water partition coefficient (Wildman–Crippen LogP) is 2.74. The Hall–Kier alpha value is -2.80. The molecule has 4 rings (SSSR count). The van der Waals surface area contributed by atoms with Crippen LogP contribution in [0.2, 0.25) is 0 Å². The van der Waals surface area contributed by atoms with Gasteiger partial charge < -0.3 is 19.5 Å². The van der Waals surface area contributed by atoms with Gasteiger partial charge in [-0.05, 0) is 18.4 Å². The standard InChI is InChI=1S/C21H25N3O4/c25-21(23-13-17-12-19-20(14-22-17)27-11-10-26-19)28-18-6-8-24(9-7-18)15-16-4-2-1-3-5-16/h1-5,12,14,18H,6-11,13,15H2,(H,23,25). The number of likely N-dealkylation sites (tertiary alicyclic amines) is 1. The fourth-order valence-electron chi connectivity index (χ4n) is 3.47. The summed E-state index contributed by atoms with van der Waals surface area (Å²) in [5.41, 5.74) is 2.02. The van der Waals surface area contributed by atoms with Gasteiger partial charge in [-0.1, -0.05) is 30.3 Å². The number of amides is 1. The summed E-state index contributed by atoms with van der Waals surface area (Å²) < 4.78 is 16.5. The molecule has 1 saturated heterocycles. The van der Waals surface area contributed by atoms with E-state index < -0.39 is 6.09 Å². The third-order valence-electron chi connectivity index (χ3n) is 4.96. The summed E-state index contributed by atoms with van der Waals surface area (Å²) in [5.74, 6) is 1.30. The number of carbonyl (C=O) groups excluding carboxylic acids is 1. The molecule has 0 saturated carbocycles. The molecule has 0 spiro atoms. The van der Waals surface area contributed by atoms with Crippen molar-refractivity contribution in [1.29, 1.82) is 0 Å². The summed E-state index contributed by atoms with van der Waals surface area (Å²) in [4.78, 5) is 18.8. The average Bonchev–Trinajstić information content (AvgIpc) is 2.74. The van der Waals surface area contributed by atoms with Crippen molar-refractivity contribution in [3.8, 4) is 11.5 Å². The monoisotopic (exact) mass is 383 g/mol. The van der Waals surface area contributed by atoms with Crippen LogP contribution in [0.15, 0.2) is 42.6 Å². The van der Waals surface area contributed by atoms with E-state index in [0.717, 1.165) is 32.5 Å². The number of nitrogens with zero attached hydrogens (tertiary/aromatic N) is 2. The Bertz CT molecular complexity index is 791. The van der Waals surface area contributed by atoms with Crippen LogP contribution in [0.4, 0.5) is 4.79 Å². The highest BCUT2D eigenvalue weighted by Crippen LogP contribution is 2.29. The number of carbonyl (C=O) groups is 1. The smallest absolute Gasteiger partial charge is 0.407 e. The number of ether oxygens (including phenoxy) is 3. The van der Waals surface area contributed by atoms with Crippen molar-refractivity contribution in [3.05, 3.63) is 53.9 Å². The van der Waals surface area contributed by atoms with E-state index in [1.54, 1.807) is 12.3 Å². The molecule has 7 heteroatoms. The highest BCUT2D eigenvalue weighted by atomic mass is 16.6. The minimum atomic E-state index is -0.404. The molecular formula is C21H25N3O4. The molecule has 1 aromatic carbocycles. The molecule has 3 heterocycles. The molecule has 2 aromatic rings. The second kappa shape index (κ2) is 8.93. The minimum absolute atomic E-state index is 0.0414. The lowest BCUT2D eigenvalue weighted by Crippen LogP contribution is -2.39. The molecule has 148 valence electrons. The van der Waals surface area contributed by atoms with Crippen LogP contribution >= 0.6 is 0 Å². The van der Waals surface area contributed by atoms with Gasteiger partial charge in [0.2, 0.25) is 0 Å². The number of alkyl carbamates (subject to hydrolysis) is 1. The molecule has 1 aromatic heterocycles. The van der Waals surface area contributed by atoms with Crippen molar-refractivity contribution in [1.82, 2.24) is 15.2 Å². The van der Waals surface area contributed by atoms with E-state index >= 15 is 0 Å². The number of fused-ring (bicyclic) bond motifs is 1. The second-order valence-electron chi connectivity index (χ2n) is 7.04. The van der Waals surface area contributed by atoms with E-state index in [2.05, 4.69) is 39.5 Å². The lowest BCUT2D eigenvalue weighted by molar-refractivity contribution is 0.0484. The zero-order valence-corrected chi connectivity index (χ0v) is 15.8. The number of aromatic nitrogens is 1. The first-order valence-corrected chi connectivity index (χ1v) is 9.71. The molecule has 0 atom stereocenters. The molecule has 1 amide bonds. The quantitative estimate of drug-likeness (QED) is 0.856. The molecular weight excluding hydrogens is 358 g/mol. The normalized spacial score (nSPS) is 17.1. The average molecular weight is 383 g/mol. The highest BCUT2D eigenvalue weighted by molar-refractivity contribution is 5.67. The number of benzene rings is 1. The van der Waals surface area contributed by atoms with Gasteiger partial charge in [-0.15, -0.1) is 0 Å². The maximum absolute atomic E-state index is 12.1. The van der Waals surface area contributed by atoms with Crippen LogP contribution in [-0.2, 0) is 17.8 Å². The Kier molecular flexibility index (Phi) is 5.92. The van der Waals surface area contributed by atoms with Crippen LogP contribution in [0.5, 0.6) is 11.5 Å². The van der Waals surface area contributed by atoms with Gasteiger partial charge in [0.25, 0.3) is 0 Å². The van der Waals surface area contributed by atoms with Gasteiger partial charge >= 0.3 is 6.09 Å². The minimum Gasteiger partial charge on any atom is -0.486 e. The number of hydrogen-bond acceptors (Lipinski definition) is 6. The molecule has 0 bridgehead atoms. The second-order valence-corrected chi connectivity index (χ2v) is 7.04. The molecule has 2 aliphatic rings. The van der Waals surface area contributed by atoms with Gasteiger partial charge in [0.05, 0.1) is 18.4 Å². The Morgan fingerprint density at radius 3 is 2.68 bits per heavy atom. The fraction of sp³-hybridized carbons (Fsp3) is 0.429. The van der Waals surface area contributed by atoms with Gasteiger partial charge in [-0.2, -0.15) is 0 Å². The zero-order chi connectivity index (χ0) is 19.2. The largest absolute Gasteiger partial charge is 0.486 e. The highest BCUT2D eigenvalue weighted by Gasteiger charge is 2.22. The molecule has 0 radical (unpaired) electrons. The van der Waals surface area contributed by atoms with E-state index in [4.69, 9.17) is 14.2 Å². The number of rotatable bonds is 5. The lowest BCUT2D eigenvalue weighted by atomic mass is 10.1. The fourth-order valence-corrected chi connectivity index (χ4v) is 3.47. The van der Waals surface area contributed by atoms with Crippen molar-refractivity contribution in [3.63, 3.8) is 0 Å². The number of nitrogens with one attached hydrogen (secondary N) is 1. The molecule has 1 fully saturated rings. The maximum Gasteiger partial charge on any atom is 0.407 e. The first-order chi connectivity index (χ1) is 13.8. The molecule has 0 aliphatic carbocycles. The van der Waals surface area contributed by atoms with Crippen LogP contribution < -0.4 is 14.8 Å². The van der Waals surface area contributed by atoms with E-state index in [1.165, 1.54) is 5.56 Å². The summed E-state index contributed by atoms with van der Waals surface area (Å²) >= 11 is 0. The third-order valence-corrected chi connectivity index (χ3v) is 4.96. The van der Waals surface area contributed by atoms with E-state index in [0.29, 0.717) is 37.0 Å². The van der Waals surface area contributed by atoms with Crippen molar-refractivity contribution in [2.75, 3.05) is 26.3 Å². The Balaban J connectivity index is 1.19. The summed E-state index contributed by atoms with van der Waals surface area (Å²) in [7, 11) is 0. The molecule has 2 aliphatic heterocycles. The Labute approximate surface area is 164 Å². The molecule has 0 unspecified atom stereocenters. The van der Waals surface area contributed by atoms with Crippen LogP contribution in [-0.4, -0.2) is 48.4 Å². The first kappa shape index (κ1) is 18.6. The van der Waals surface area contributed by atoms with E-state index in [1.807, 2.05) is 6.07 Å². The third kappa shape index (κ3) is 4.92. The van der Waals surface area contributed by atoms with Gasteiger partial charge in [0.15, 0.2) is 11.5 Å².